The second-order valence-electron chi connectivity index (χ2n) is 3.90. The van der Waals surface area contributed by atoms with Gasteiger partial charge in [0.1, 0.15) is 10.9 Å². The molecule has 2 heterocycles. The first-order valence-corrected chi connectivity index (χ1v) is 6.25. The van der Waals surface area contributed by atoms with Crippen LogP contribution in [0.2, 0.25) is 0 Å². The minimum absolute atomic E-state index is 0.773. The van der Waals surface area contributed by atoms with E-state index in [1.54, 1.807) is 0 Å². The third-order valence-electron chi connectivity index (χ3n) is 2.72. The van der Waals surface area contributed by atoms with E-state index in [0.29, 0.717) is 0 Å². The van der Waals surface area contributed by atoms with E-state index in [0.717, 1.165) is 28.8 Å². The average molecular weight is 221 g/mol. The summed E-state index contributed by atoms with van der Waals surface area (Å²) in [5, 5.41) is 10.0. The zero-order chi connectivity index (χ0) is 10.7. The van der Waals surface area contributed by atoms with Crippen LogP contribution in [0.3, 0.4) is 0 Å². The Balaban J connectivity index is 2.23. The van der Waals surface area contributed by atoms with E-state index < -0.39 is 0 Å². The normalized spacial score (nSPS) is 17.2. The number of aromatic nitrogens is 1. The van der Waals surface area contributed by atoms with Crippen LogP contribution in [0, 0.1) is 18.3 Å². The SMILES string of the molecule is Cc1nc(N2CCCCCC2)c(C#N)s1. The Bertz CT molecular complexity index is 370. The zero-order valence-corrected chi connectivity index (χ0v) is 9.81. The third-order valence-corrected chi connectivity index (χ3v) is 3.59. The highest BCUT2D eigenvalue weighted by Gasteiger charge is 2.17. The quantitative estimate of drug-likeness (QED) is 0.732. The number of anilines is 1. The van der Waals surface area contributed by atoms with Crippen LogP contribution in [0.1, 0.15) is 35.6 Å². The summed E-state index contributed by atoms with van der Waals surface area (Å²) in [6, 6.07) is 2.25. The van der Waals surface area contributed by atoms with Crippen LogP contribution in [0.15, 0.2) is 0 Å². The maximum atomic E-state index is 9.03. The fraction of sp³-hybridized carbons (Fsp3) is 0.636. The summed E-state index contributed by atoms with van der Waals surface area (Å²) in [6.45, 7) is 4.07. The molecule has 4 heteroatoms. The lowest BCUT2D eigenvalue weighted by Gasteiger charge is -2.19. The number of aryl methyl sites for hydroxylation is 1. The second kappa shape index (κ2) is 4.63. The highest BCUT2D eigenvalue weighted by Crippen LogP contribution is 2.27. The number of hydrogen-bond acceptors (Lipinski definition) is 4. The maximum Gasteiger partial charge on any atom is 0.158 e. The van der Waals surface area contributed by atoms with E-state index in [1.807, 2.05) is 6.92 Å². The molecule has 0 spiro atoms. The summed E-state index contributed by atoms with van der Waals surface area (Å²) in [6.07, 6.45) is 5.06. The number of rotatable bonds is 1. The van der Waals surface area contributed by atoms with Crippen LogP contribution in [0.4, 0.5) is 5.82 Å². The Morgan fingerprint density at radius 3 is 2.53 bits per heavy atom. The Kier molecular flexibility index (Phi) is 3.22. The number of nitriles is 1. The van der Waals surface area contributed by atoms with Gasteiger partial charge in [-0.25, -0.2) is 4.98 Å². The van der Waals surface area contributed by atoms with Crippen molar-refractivity contribution >= 4 is 17.2 Å². The number of hydrogen-bond donors (Lipinski definition) is 0. The van der Waals surface area contributed by atoms with Crippen LogP contribution in [-0.4, -0.2) is 18.1 Å². The van der Waals surface area contributed by atoms with Crippen molar-refractivity contribution in [3.05, 3.63) is 9.88 Å². The van der Waals surface area contributed by atoms with Gasteiger partial charge in [0.25, 0.3) is 0 Å². The molecule has 1 aromatic heterocycles. The predicted octanol–water partition coefficient (Wildman–Crippen LogP) is 2.70. The Labute approximate surface area is 94.4 Å². The Morgan fingerprint density at radius 1 is 1.27 bits per heavy atom. The van der Waals surface area contributed by atoms with Crippen molar-refractivity contribution in [2.24, 2.45) is 0 Å². The topological polar surface area (TPSA) is 39.9 Å². The minimum Gasteiger partial charge on any atom is -0.355 e. The molecule has 0 unspecified atom stereocenters. The average Bonchev–Trinajstić information content (AvgIpc) is 2.47. The van der Waals surface area contributed by atoms with Crippen molar-refractivity contribution in [1.29, 1.82) is 5.26 Å². The van der Waals surface area contributed by atoms with Crippen molar-refractivity contribution in [1.82, 2.24) is 4.98 Å². The van der Waals surface area contributed by atoms with E-state index >= 15 is 0 Å². The maximum absolute atomic E-state index is 9.03. The van der Waals surface area contributed by atoms with Crippen LogP contribution < -0.4 is 4.90 Å². The largest absolute Gasteiger partial charge is 0.355 e. The first kappa shape index (κ1) is 10.4. The molecule has 1 saturated heterocycles. The zero-order valence-electron chi connectivity index (χ0n) is 8.99. The molecule has 15 heavy (non-hydrogen) atoms. The van der Waals surface area contributed by atoms with Crippen molar-refractivity contribution in [2.45, 2.75) is 32.6 Å². The molecule has 0 radical (unpaired) electrons. The van der Waals surface area contributed by atoms with Crippen LogP contribution >= 0.6 is 11.3 Å². The third kappa shape index (κ3) is 2.29. The Hall–Kier alpha value is -1.08. The summed E-state index contributed by atoms with van der Waals surface area (Å²) in [4.78, 5) is 7.51. The van der Waals surface area contributed by atoms with Gasteiger partial charge in [-0.2, -0.15) is 5.26 Å². The van der Waals surface area contributed by atoms with Crippen LogP contribution in [0.5, 0.6) is 0 Å². The molecule has 80 valence electrons. The molecule has 0 amide bonds. The summed E-state index contributed by atoms with van der Waals surface area (Å²) in [7, 11) is 0. The highest BCUT2D eigenvalue weighted by atomic mass is 32.1. The molecule has 1 aromatic rings. The highest BCUT2D eigenvalue weighted by molar-refractivity contribution is 7.12. The van der Waals surface area contributed by atoms with Crippen molar-refractivity contribution in [2.75, 3.05) is 18.0 Å². The number of nitrogens with zero attached hydrogens (tertiary/aromatic N) is 3. The smallest absolute Gasteiger partial charge is 0.158 e. The van der Waals surface area contributed by atoms with Crippen LogP contribution in [-0.2, 0) is 0 Å². The van der Waals surface area contributed by atoms with E-state index in [4.69, 9.17) is 5.26 Å². The lowest BCUT2D eigenvalue weighted by atomic mass is 10.2. The molecular formula is C11H15N3S. The molecule has 3 nitrogen and oxygen atoms in total. The molecule has 0 atom stereocenters. The summed E-state index contributed by atoms with van der Waals surface area (Å²) < 4.78 is 0. The first-order valence-electron chi connectivity index (χ1n) is 5.44. The van der Waals surface area contributed by atoms with Gasteiger partial charge in [0.15, 0.2) is 5.82 Å². The van der Waals surface area contributed by atoms with E-state index in [9.17, 15) is 0 Å². The standard InChI is InChI=1S/C11H15N3S/c1-9-13-11(10(8-12)15-9)14-6-4-2-3-5-7-14/h2-7H2,1H3. The van der Waals surface area contributed by atoms with E-state index in [2.05, 4.69) is 16.0 Å². The lowest BCUT2D eigenvalue weighted by Crippen LogP contribution is -2.24. The van der Waals surface area contributed by atoms with Gasteiger partial charge >= 0.3 is 0 Å². The van der Waals surface area contributed by atoms with Gasteiger partial charge in [0, 0.05) is 13.1 Å². The molecule has 1 aliphatic heterocycles. The van der Waals surface area contributed by atoms with E-state index in [-0.39, 0.29) is 0 Å². The van der Waals surface area contributed by atoms with Crippen molar-refractivity contribution in [3.63, 3.8) is 0 Å². The molecule has 0 aliphatic carbocycles. The fourth-order valence-electron chi connectivity index (χ4n) is 1.99. The minimum atomic E-state index is 0.773. The second-order valence-corrected chi connectivity index (χ2v) is 5.10. The molecular weight excluding hydrogens is 206 g/mol. The lowest BCUT2D eigenvalue weighted by molar-refractivity contribution is 0.726. The molecule has 0 bridgehead atoms. The summed E-state index contributed by atoms with van der Waals surface area (Å²) in [5.74, 6) is 0.918. The molecule has 0 N–H and O–H groups in total. The predicted molar refractivity (Wildman–Crippen MR) is 62.2 cm³/mol. The summed E-state index contributed by atoms with van der Waals surface area (Å²) in [5.41, 5.74) is 0. The van der Waals surface area contributed by atoms with Gasteiger partial charge in [-0.15, -0.1) is 11.3 Å². The van der Waals surface area contributed by atoms with Crippen molar-refractivity contribution < 1.29 is 0 Å². The molecule has 0 aromatic carbocycles. The molecule has 0 saturated carbocycles. The van der Waals surface area contributed by atoms with Gasteiger partial charge in [0.05, 0.1) is 5.01 Å². The van der Waals surface area contributed by atoms with Gasteiger partial charge in [-0.1, -0.05) is 12.8 Å². The first-order chi connectivity index (χ1) is 7.31. The fourth-order valence-corrected chi connectivity index (χ4v) is 2.72. The van der Waals surface area contributed by atoms with Crippen LogP contribution in [0.25, 0.3) is 0 Å². The summed E-state index contributed by atoms with van der Waals surface area (Å²) >= 11 is 1.50. The molecule has 2 rings (SSSR count). The van der Waals surface area contributed by atoms with Crippen molar-refractivity contribution in [3.8, 4) is 6.07 Å². The van der Waals surface area contributed by atoms with E-state index in [1.165, 1.54) is 37.0 Å². The monoisotopic (exact) mass is 221 g/mol. The number of thiazole rings is 1. The molecule has 1 fully saturated rings. The van der Waals surface area contributed by atoms with Gasteiger partial charge < -0.3 is 4.90 Å². The van der Waals surface area contributed by atoms with Gasteiger partial charge in [-0.3, -0.25) is 0 Å². The Morgan fingerprint density at radius 2 is 1.93 bits per heavy atom. The molecule has 1 aliphatic rings. The van der Waals surface area contributed by atoms with Gasteiger partial charge in [-0.05, 0) is 19.8 Å². The van der Waals surface area contributed by atoms with Gasteiger partial charge in [0.2, 0.25) is 0 Å².